The van der Waals surface area contributed by atoms with E-state index >= 15 is 0 Å². The Balaban J connectivity index is 2.22. The van der Waals surface area contributed by atoms with Crippen LogP contribution in [0.1, 0.15) is 11.8 Å². The van der Waals surface area contributed by atoms with Crippen LogP contribution >= 0.6 is 0 Å². The molecule has 0 aromatic carbocycles. The number of aliphatic carboxylic acids is 1. The molecule has 0 bridgehead atoms. The second kappa shape index (κ2) is 11.4. The molecule has 12 N–H and O–H groups in total. The van der Waals surface area contributed by atoms with Crippen LogP contribution < -0.4 is 28.0 Å². The molecular formula is C17H25N5O13. The summed E-state index contributed by atoms with van der Waals surface area (Å²) in [5.41, 5.74) is 7.89. The van der Waals surface area contributed by atoms with Crippen molar-refractivity contribution < 1.29 is 54.5 Å². The van der Waals surface area contributed by atoms with E-state index in [1.54, 1.807) is 0 Å². The van der Waals surface area contributed by atoms with Crippen molar-refractivity contribution in [2.75, 3.05) is 6.61 Å². The van der Waals surface area contributed by atoms with Gasteiger partial charge < -0.3 is 56.9 Å². The predicted octanol–water partition coefficient (Wildman–Crippen LogP) is -6.64. The lowest BCUT2D eigenvalue weighted by Gasteiger charge is -2.27. The highest BCUT2D eigenvalue weighted by molar-refractivity contribution is 5.87. The second-order valence-electron chi connectivity index (χ2n) is 7.49. The third-order valence-corrected chi connectivity index (χ3v) is 5.11. The first-order valence-corrected chi connectivity index (χ1v) is 9.84. The fourth-order valence-electron chi connectivity index (χ4n) is 3.21. The number of hydrogen-bond donors (Lipinski definition) is 10. The molecule has 196 valence electrons. The number of aromatic nitrogens is 2. The molecule has 0 unspecified atom stereocenters. The molecule has 2 rings (SSSR count). The predicted molar refractivity (Wildman–Crippen MR) is 108 cm³/mol. The van der Waals surface area contributed by atoms with E-state index in [-0.39, 0.29) is 5.56 Å². The van der Waals surface area contributed by atoms with Crippen LogP contribution in [0.25, 0.3) is 0 Å². The third kappa shape index (κ3) is 6.19. The van der Waals surface area contributed by atoms with Crippen molar-refractivity contribution in [1.82, 2.24) is 14.9 Å². The first-order valence-electron chi connectivity index (χ1n) is 9.84. The molecule has 18 nitrogen and oxygen atoms in total. The fraction of sp³-hybridized carbons (Fsp3) is 0.588. The summed E-state index contributed by atoms with van der Waals surface area (Å²) in [4.78, 5) is 60.3. The number of hydrogen-bond acceptors (Lipinski definition) is 13. The number of carbonyl (C=O) groups is 3. The van der Waals surface area contributed by atoms with E-state index in [9.17, 15) is 54.6 Å². The Hall–Kier alpha value is -3.39. The van der Waals surface area contributed by atoms with Crippen molar-refractivity contribution in [1.29, 1.82) is 0 Å². The zero-order valence-electron chi connectivity index (χ0n) is 17.8. The van der Waals surface area contributed by atoms with Crippen LogP contribution in [0, 0.1) is 0 Å². The smallest absolute Gasteiger partial charge is 0.404 e. The normalized spacial score (nSPS) is 25.3. The topological polar surface area (TPSA) is 310 Å². The standard InChI is InChI=1S/C17H25N5O13/c18-6(8(25)5(24)3-34-16(19)32)13(29)20-7(15(30)31)11-9(26)10(27)14(35-11)22-1-4(2-23)12(28)21-17(22)33/h1,5-11,14,23-27H,2-3,18H2,(H2,19,32)(H,20,29)(H,30,31)(H,21,28,33)/t5-,6-,7-,8+,9-,10-,11+,14+/m0/s1. The number of rotatable bonds is 10. The number of aromatic amines is 1. The summed E-state index contributed by atoms with van der Waals surface area (Å²) in [5.74, 6) is -3.13. The summed E-state index contributed by atoms with van der Waals surface area (Å²) >= 11 is 0. The van der Waals surface area contributed by atoms with E-state index in [1.807, 2.05) is 10.3 Å². The minimum Gasteiger partial charge on any atom is -0.480 e. The molecule has 2 heterocycles. The number of carboxylic acids is 1. The molecule has 1 aliphatic heterocycles. The van der Waals surface area contributed by atoms with Gasteiger partial charge in [-0.3, -0.25) is 19.1 Å². The van der Waals surface area contributed by atoms with Gasteiger partial charge in [-0.1, -0.05) is 0 Å². The highest BCUT2D eigenvalue weighted by Gasteiger charge is 2.50. The Morgan fingerprint density at radius 1 is 1.23 bits per heavy atom. The lowest BCUT2D eigenvalue weighted by molar-refractivity contribution is -0.150. The van der Waals surface area contributed by atoms with Crippen LogP contribution in [0.3, 0.4) is 0 Å². The molecule has 0 aliphatic carbocycles. The third-order valence-electron chi connectivity index (χ3n) is 5.11. The number of nitrogens with one attached hydrogen (secondary N) is 2. The average molecular weight is 507 g/mol. The summed E-state index contributed by atoms with van der Waals surface area (Å²) in [6.45, 7) is -1.63. The van der Waals surface area contributed by atoms with Gasteiger partial charge in [-0.25, -0.2) is 14.4 Å². The molecule has 0 saturated carbocycles. The first kappa shape index (κ1) is 27.9. The molecule has 2 amide bonds. The zero-order chi connectivity index (χ0) is 26.6. The molecule has 1 aromatic rings. The lowest BCUT2D eigenvalue weighted by atomic mass is 10.0. The van der Waals surface area contributed by atoms with E-state index in [1.165, 1.54) is 0 Å². The zero-order valence-corrected chi connectivity index (χ0v) is 17.8. The van der Waals surface area contributed by atoms with Gasteiger partial charge in [-0.2, -0.15) is 0 Å². The molecule has 1 aromatic heterocycles. The molecule has 8 atom stereocenters. The number of nitrogens with two attached hydrogens (primary N) is 2. The molecule has 0 spiro atoms. The van der Waals surface area contributed by atoms with Gasteiger partial charge in [0.05, 0.1) is 12.2 Å². The molecule has 1 aliphatic rings. The van der Waals surface area contributed by atoms with Gasteiger partial charge >= 0.3 is 17.8 Å². The van der Waals surface area contributed by atoms with Crippen LogP contribution in [0.15, 0.2) is 15.8 Å². The molecule has 1 fully saturated rings. The Labute approximate surface area is 194 Å². The van der Waals surface area contributed by atoms with Gasteiger partial charge in [-0.05, 0) is 0 Å². The highest BCUT2D eigenvalue weighted by atomic mass is 16.6. The summed E-state index contributed by atoms with van der Waals surface area (Å²) in [6.07, 6.45) is -11.9. The largest absolute Gasteiger partial charge is 0.480 e. The maximum Gasteiger partial charge on any atom is 0.404 e. The van der Waals surface area contributed by atoms with E-state index in [4.69, 9.17) is 16.2 Å². The number of aliphatic hydroxyl groups excluding tert-OH is 5. The number of primary amides is 1. The van der Waals surface area contributed by atoms with Crippen molar-refractivity contribution in [2.24, 2.45) is 11.5 Å². The van der Waals surface area contributed by atoms with Crippen LogP contribution in [-0.2, 0) is 25.7 Å². The number of carbonyl (C=O) groups excluding carboxylic acids is 2. The van der Waals surface area contributed by atoms with Crippen LogP contribution in [-0.4, -0.2) is 107 Å². The van der Waals surface area contributed by atoms with Gasteiger partial charge in [-0.15, -0.1) is 0 Å². The molecule has 1 saturated heterocycles. The van der Waals surface area contributed by atoms with Crippen LogP contribution in [0.2, 0.25) is 0 Å². The Morgan fingerprint density at radius 2 is 1.86 bits per heavy atom. The number of carboxylic acid groups (broad SMARTS) is 1. The van der Waals surface area contributed by atoms with Crippen LogP contribution in [0.5, 0.6) is 0 Å². The summed E-state index contributed by atoms with van der Waals surface area (Å²) < 4.78 is 10.2. The van der Waals surface area contributed by atoms with Gasteiger partial charge in [0.25, 0.3) is 5.56 Å². The van der Waals surface area contributed by atoms with Crippen molar-refractivity contribution in [2.45, 2.75) is 55.4 Å². The van der Waals surface area contributed by atoms with Gasteiger partial charge in [0, 0.05) is 6.20 Å². The molecule has 0 radical (unpaired) electrons. The Bertz CT molecular complexity index is 1060. The van der Waals surface area contributed by atoms with E-state index in [0.29, 0.717) is 4.57 Å². The van der Waals surface area contributed by atoms with E-state index < -0.39 is 91.3 Å². The average Bonchev–Trinajstić information content (AvgIpc) is 3.08. The van der Waals surface area contributed by atoms with Gasteiger partial charge in [0.15, 0.2) is 12.3 Å². The SMILES string of the molecule is NC(=O)OC[C@H](O)[C@@H](O)[C@H](N)C(=O)N[C@H](C(=O)O)[C@H]1O[C@@H](n2cc(CO)c(=O)[nH]c2=O)[C@@H](O)[C@@H]1O. The molecular weight excluding hydrogens is 482 g/mol. The summed E-state index contributed by atoms with van der Waals surface area (Å²) in [7, 11) is 0. The summed E-state index contributed by atoms with van der Waals surface area (Å²) in [6, 6.07) is -4.05. The number of aliphatic hydroxyl groups is 5. The van der Waals surface area contributed by atoms with Crippen molar-refractivity contribution in [3.05, 3.63) is 32.6 Å². The minimum atomic E-state index is -2.09. The first-order chi connectivity index (χ1) is 16.3. The maximum atomic E-state index is 12.4. The van der Waals surface area contributed by atoms with E-state index in [0.717, 1.165) is 6.20 Å². The summed E-state index contributed by atoms with van der Waals surface area (Å²) in [5, 5.41) is 61.0. The quantitative estimate of drug-likeness (QED) is 0.141. The fourth-order valence-corrected chi connectivity index (χ4v) is 3.21. The molecule has 35 heavy (non-hydrogen) atoms. The Kier molecular flexibility index (Phi) is 9.04. The van der Waals surface area contributed by atoms with Crippen molar-refractivity contribution in [3.63, 3.8) is 0 Å². The number of H-pyrrole nitrogens is 1. The van der Waals surface area contributed by atoms with Crippen molar-refractivity contribution >= 4 is 18.0 Å². The highest BCUT2D eigenvalue weighted by Crippen LogP contribution is 2.30. The Morgan fingerprint density at radius 3 is 2.40 bits per heavy atom. The minimum absolute atomic E-state index is 0.305. The number of amides is 2. The monoisotopic (exact) mass is 507 g/mol. The van der Waals surface area contributed by atoms with Crippen LogP contribution in [0.4, 0.5) is 4.79 Å². The second-order valence-corrected chi connectivity index (χ2v) is 7.49. The van der Waals surface area contributed by atoms with Crippen molar-refractivity contribution in [3.8, 4) is 0 Å². The number of nitrogens with zero attached hydrogens (tertiary/aromatic N) is 1. The van der Waals surface area contributed by atoms with E-state index in [2.05, 4.69) is 4.74 Å². The number of ether oxygens (including phenoxy) is 2. The van der Waals surface area contributed by atoms with Gasteiger partial charge in [0.2, 0.25) is 5.91 Å². The molecule has 18 heteroatoms. The van der Waals surface area contributed by atoms with Gasteiger partial charge in [0.1, 0.15) is 43.2 Å². The maximum absolute atomic E-state index is 12.4. The lowest BCUT2D eigenvalue weighted by Crippen LogP contribution is -2.60.